The summed E-state index contributed by atoms with van der Waals surface area (Å²) in [6, 6.07) is 0. The van der Waals surface area contributed by atoms with E-state index in [1.54, 1.807) is 0 Å². The molecule has 0 fully saturated rings. The molecular weight excluding hydrogens is 452 g/mol. The summed E-state index contributed by atoms with van der Waals surface area (Å²) in [7, 11) is 0. The van der Waals surface area contributed by atoms with Crippen LogP contribution in [-0.4, -0.2) is 12.6 Å². The van der Waals surface area contributed by atoms with Crippen LogP contribution in [0.15, 0.2) is 12.2 Å². The molecule has 0 aromatic heterocycles. The van der Waals surface area contributed by atoms with E-state index in [0.29, 0.717) is 13.0 Å². The molecule has 0 bridgehead atoms. The van der Waals surface area contributed by atoms with Crippen molar-refractivity contribution in [2.75, 3.05) is 6.61 Å². The molecular formula is C35H68O2. The molecule has 37 heavy (non-hydrogen) atoms. The van der Waals surface area contributed by atoms with Crippen LogP contribution in [-0.2, 0) is 9.53 Å². The molecule has 0 heterocycles. The van der Waals surface area contributed by atoms with Crippen molar-refractivity contribution in [3.63, 3.8) is 0 Å². The number of carbonyl (C=O) groups excluding carboxylic acids is 1. The van der Waals surface area contributed by atoms with E-state index < -0.39 is 0 Å². The molecule has 0 spiro atoms. The Hall–Kier alpha value is -0.790. The van der Waals surface area contributed by atoms with Crippen LogP contribution in [0.1, 0.15) is 200 Å². The maximum absolute atomic E-state index is 11.7. The summed E-state index contributed by atoms with van der Waals surface area (Å²) in [6.07, 6.45) is 43.2. The summed E-state index contributed by atoms with van der Waals surface area (Å²) in [5.74, 6) is -0.0305. The van der Waals surface area contributed by atoms with Crippen LogP contribution in [0.3, 0.4) is 0 Å². The molecule has 0 aliphatic heterocycles. The molecule has 0 aromatic rings. The van der Waals surface area contributed by atoms with Crippen molar-refractivity contribution < 1.29 is 9.53 Å². The number of hydrogen-bond acceptors (Lipinski definition) is 2. The number of carbonyl (C=O) groups is 1. The molecule has 0 N–H and O–H groups in total. The van der Waals surface area contributed by atoms with Gasteiger partial charge in [0.1, 0.15) is 6.61 Å². The van der Waals surface area contributed by atoms with Gasteiger partial charge in [-0.25, -0.2) is 0 Å². The highest BCUT2D eigenvalue weighted by Gasteiger charge is 2.01. The van der Waals surface area contributed by atoms with Crippen LogP contribution in [0.4, 0.5) is 0 Å². The molecule has 0 unspecified atom stereocenters. The molecule has 220 valence electrons. The Kier molecular flexibility index (Phi) is 32.5. The number of esters is 1. The Bertz CT molecular complexity index is 456. The fraction of sp³-hybridized carbons (Fsp3) is 0.914. The third kappa shape index (κ3) is 33.2. The Balaban J connectivity index is 3.13. The van der Waals surface area contributed by atoms with Crippen LogP contribution in [0.25, 0.3) is 0 Å². The number of ether oxygens (including phenoxy) is 1. The molecule has 0 saturated heterocycles. The van der Waals surface area contributed by atoms with Crippen molar-refractivity contribution in [3.05, 3.63) is 12.2 Å². The molecule has 0 saturated carbocycles. The first kappa shape index (κ1) is 36.2. The van der Waals surface area contributed by atoms with Gasteiger partial charge in [-0.15, -0.1) is 0 Å². The zero-order valence-electron chi connectivity index (χ0n) is 25.7. The lowest BCUT2D eigenvalue weighted by atomic mass is 10.0. The van der Waals surface area contributed by atoms with Gasteiger partial charge in [-0.3, -0.25) is 4.79 Å². The minimum Gasteiger partial charge on any atom is -0.461 e. The van der Waals surface area contributed by atoms with E-state index in [9.17, 15) is 4.79 Å². The van der Waals surface area contributed by atoms with Crippen molar-refractivity contribution in [2.24, 2.45) is 0 Å². The standard InChI is InChI=1S/C35H68O2/c1-3-5-7-9-11-12-13-14-15-16-17-18-19-20-21-22-23-24-25-26-27-28-29-31-33-35(36)37-34-32-30-10-8-6-4-2/h30,32H,3-29,31,33-34H2,1-2H3/b32-30+. The van der Waals surface area contributed by atoms with Crippen LogP contribution in [0.5, 0.6) is 0 Å². The first-order chi connectivity index (χ1) is 18.3. The number of hydrogen-bond donors (Lipinski definition) is 0. The highest BCUT2D eigenvalue weighted by Crippen LogP contribution is 2.16. The monoisotopic (exact) mass is 521 g/mol. The third-order valence-corrected chi connectivity index (χ3v) is 7.72. The molecule has 0 aliphatic carbocycles. The molecule has 0 atom stereocenters. The SMILES string of the molecule is CCCCC/C=C/COC(=O)CCCCCCCCCCCCCCCCCCCCCCCCCC. The lowest BCUT2D eigenvalue weighted by Gasteiger charge is -2.04. The number of rotatable bonds is 31. The van der Waals surface area contributed by atoms with Crippen LogP contribution < -0.4 is 0 Å². The Labute approximate surface area is 234 Å². The van der Waals surface area contributed by atoms with Crippen molar-refractivity contribution in [2.45, 2.75) is 200 Å². The fourth-order valence-electron chi connectivity index (χ4n) is 5.14. The quantitative estimate of drug-likeness (QED) is 0.0516. The molecule has 0 amide bonds. The molecule has 0 rings (SSSR count). The second-order valence-electron chi connectivity index (χ2n) is 11.5. The van der Waals surface area contributed by atoms with Crippen molar-refractivity contribution in [3.8, 4) is 0 Å². The van der Waals surface area contributed by atoms with Gasteiger partial charge in [0.25, 0.3) is 0 Å². The van der Waals surface area contributed by atoms with Crippen molar-refractivity contribution in [1.29, 1.82) is 0 Å². The first-order valence-corrected chi connectivity index (χ1v) is 17.1. The van der Waals surface area contributed by atoms with Gasteiger partial charge in [-0.1, -0.05) is 187 Å². The van der Waals surface area contributed by atoms with E-state index >= 15 is 0 Å². The van der Waals surface area contributed by atoms with E-state index in [4.69, 9.17) is 4.74 Å². The average molecular weight is 521 g/mol. The van der Waals surface area contributed by atoms with Gasteiger partial charge >= 0.3 is 5.97 Å². The third-order valence-electron chi connectivity index (χ3n) is 7.72. The lowest BCUT2D eigenvalue weighted by Crippen LogP contribution is -2.03. The Morgan fingerprint density at radius 3 is 1.14 bits per heavy atom. The smallest absolute Gasteiger partial charge is 0.306 e. The van der Waals surface area contributed by atoms with Crippen molar-refractivity contribution in [1.82, 2.24) is 0 Å². The molecule has 0 aromatic carbocycles. The topological polar surface area (TPSA) is 26.3 Å². The van der Waals surface area contributed by atoms with Gasteiger partial charge in [0.05, 0.1) is 0 Å². The van der Waals surface area contributed by atoms with Gasteiger partial charge < -0.3 is 4.74 Å². The first-order valence-electron chi connectivity index (χ1n) is 17.1. The summed E-state index contributed by atoms with van der Waals surface area (Å²) in [6.45, 7) is 4.96. The summed E-state index contributed by atoms with van der Waals surface area (Å²) < 4.78 is 5.28. The van der Waals surface area contributed by atoms with Gasteiger partial charge in [0.15, 0.2) is 0 Å². The zero-order valence-corrected chi connectivity index (χ0v) is 25.7. The Morgan fingerprint density at radius 2 is 0.757 bits per heavy atom. The predicted molar refractivity (Wildman–Crippen MR) is 165 cm³/mol. The number of unbranched alkanes of at least 4 members (excludes halogenated alkanes) is 26. The van der Waals surface area contributed by atoms with Gasteiger partial charge in [-0.05, 0) is 19.3 Å². The zero-order chi connectivity index (χ0) is 26.9. The summed E-state index contributed by atoms with van der Waals surface area (Å²) in [5, 5.41) is 0. The average Bonchev–Trinajstić information content (AvgIpc) is 2.90. The summed E-state index contributed by atoms with van der Waals surface area (Å²) in [4.78, 5) is 11.7. The largest absolute Gasteiger partial charge is 0.461 e. The molecule has 2 heteroatoms. The summed E-state index contributed by atoms with van der Waals surface area (Å²) >= 11 is 0. The molecule has 0 aliphatic rings. The highest BCUT2D eigenvalue weighted by molar-refractivity contribution is 5.69. The summed E-state index contributed by atoms with van der Waals surface area (Å²) in [5.41, 5.74) is 0. The lowest BCUT2D eigenvalue weighted by molar-refractivity contribution is -0.142. The van der Waals surface area contributed by atoms with Crippen molar-refractivity contribution >= 4 is 5.97 Å². The minimum absolute atomic E-state index is 0.0305. The second-order valence-corrected chi connectivity index (χ2v) is 11.5. The normalized spacial score (nSPS) is 11.5. The minimum atomic E-state index is -0.0305. The fourth-order valence-corrected chi connectivity index (χ4v) is 5.14. The Morgan fingerprint density at radius 1 is 0.432 bits per heavy atom. The van der Waals surface area contributed by atoms with Crippen LogP contribution in [0, 0.1) is 0 Å². The van der Waals surface area contributed by atoms with E-state index in [2.05, 4.69) is 19.9 Å². The van der Waals surface area contributed by atoms with Gasteiger partial charge in [0, 0.05) is 6.42 Å². The maximum atomic E-state index is 11.7. The highest BCUT2D eigenvalue weighted by atomic mass is 16.5. The molecule has 0 radical (unpaired) electrons. The van der Waals surface area contributed by atoms with Crippen LogP contribution in [0.2, 0.25) is 0 Å². The van der Waals surface area contributed by atoms with E-state index in [-0.39, 0.29) is 5.97 Å². The maximum Gasteiger partial charge on any atom is 0.306 e. The second kappa shape index (κ2) is 33.2. The van der Waals surface area contributed by atoms with E-state index in [1.807, 2.05) is 6.08 Å². The predicted octanol–water partition coefficient (Wildman–Crippen LogP) is 12.4. The van der Waals surface area contributed by atoms with E-state index in [0.717, 1.165) is 12.8 Å². The van der Waals surface area contributed by atoms with Gasteiger partial charge in [0.2, 0.25) is 0 Å². The van der Waals surface area contributed by atoms with E-state index in [1.165, 1.54) is 167 Å². The number of allylic oxidation sites excluding steroid dienone is 1. The van der Waals surface area contributed by atoms with Gasteiger partial charge in [-0.2, -0.15) is 0 Å². The van der Waals surface area contributed by atoms with Crippen LogP contribution >= 0.6 is 0 Å². The molecule has 2 nitrogen and oxygen atoms in total.